The molecule has 2 aliphatic rings. The smallest absolute Gasteiger partial charge is 0.274 e. The molecule has 0 saturated carbocycles. The van der Waals surface area contributed by atoms with Gasteiger partial charge in [0.25, 0.3) is 5.91 Å². The first kappa shape index (κ1) is 16.0. The van der Waals surface area contributed by atoms with E-state index < -0.39 is 0 Å². The van der Waals surface area contributed by atoms with Crippen molar-refractivity contribution in [2.75, 3.05) is 37.7 Å². The van der Waals surface area contributed by atoms with Gasteiger partial charge in [-0.3, -0.25) is 14.8 Å². The molecule has 25 heavy (non-hydrogen) atoms. The van der Waals surface area contributed by atoms with Gasteiger partial charge in [0.15, 0.2) is 0 Å². The van der Waals surface area contributed by atoms with Crippen molar-refractivity contribution in [1.82, 2.24) is 19.9 Å². The molecule has 2 aromatic heterocycles. The third-order valence-electron chi connectivity index (χ3n) is 4.87. The van der Waals surface area contributed by atoms with E-state index >= 15 is 0 Å². The second-order valence-electron chi connectivity index (χ2n) is 6.59. The Morgan fingerprint density at radius 1 is 1.12 bits per heavy atom. The molecule has 2 aliphatic heterocycles. The number of aromatic nitrogens is 3. The van der Waals surface area contributed by atoms with Crippen molar-refractivity contribution in [3.05, 3.63) is 48.8 Å². The van der Waals surface area contributed by atoms with Gasteiger partial charge >= 0.3 is 0 Å². The monoisotopic (exact) mass is 339 g/mol. The SMILES string of the molecule is O=C(c1cnccn1)N1CCOC2(CCCN(c3cccnc3)C2)C1. The second-order valence-corrected chi connectivity index (χ2v) is 6.59. The zero-order valence-corrected chi connectivity index (χ0v) is 14.0. The summed E-state index contributed by atoms with van der Waals surface area (Å²) in [6.45, 7) is 3.47. The standard InChI is InChI=1S/C18H21N5O2/c24-17(16-12-20-6-7-21-16)23-9-10-25-18(14-23)4-2-8-22(13-18)15-3-1-5-19-11-15/h1,3,5-7,11-12H,2,4,8-10,13-14H2. The highest BCUT2D eigenvalue weighted by atomic mass is 16.5. The fourth-order valence-electron chi connectivity index (χ4n) is 3.70. The van der Waals surface area contributed by atoms with E-state index in [9.17, 15) is 4.79 Å². The Bertz CT molecular complexity index is 723. The molecule has 0 aliphatic carbocycles. The van der Waals surface area contributed by atoms with Gasteiger partial charge in [0.05, 0.1) is 31.2 Å². The lowest BCUT2D eigenvalue weighted by Crippen LogP contribution is -2.61. The summed E-state index contributed by atoms with van der Waals surface area (Å²) in [7, 11) is 0. The fraction of sp³-hybridized carbons (Fsp3) is 0.444. The highest BCUT2D eigenvalue weighted by molar-refractivity contribution is 5.92. The first-order valence-electron chi connectivity index (χ1n) is 8.60. The quantitative estimate of drug-likeness (QED) is 0.823. The highest BCUT2D eigenvalue weighted by Crippen LogP contribution is 2.31. The van der Waals surface area contributed by atoms with E-state index in [1.54, 1.807) is 18.6 Å². The lowest BCUT2D eigenvalue weighted by Gasteiger charge is -2.48. The Morgan fingerprint density at radius 3 is 2.84 bits per heavy atom. The van der Waals surface area contributed by atoms with Gasteiger partial charge in [-0.25, -0.2) is 4.98 Å². The van der Waals surface area contributed by atoms with Crippen LogP contribution in [0, 0.1) is 0 Å². The fourth-order valence-corrected chi connectivity index (χ4v) is 3.70. The van der Waals surface area contributed by atoms with Gasteiger partial charge in [0.1, 0.15) is 11.3 Å². The van der Waals surface area contributed by atoms with Crippen molar-refractivity contribution in [3.63, 3.8) is 0 Å². The van der Waals surface area contributed by atoms with E-state index in [0.717, 1.165) is 31.6 Å². The summed E-state index contributed by atoms with van der Waals surface area (Å²) in [5.41, 5.74) is 1.16. The van der Waals surface area contributed by atoms with Crippen LogP contribution in [0.25, 0.3) is 0 Å². The Balaban J connectivity index is 1.51. The van der Waals surface area contributed by atoms with E-state index in [1.165, 1.54) is 6.20 Å². The molecule has 4 heterocycles. The molecule has 2 aromatic rings. The van der Waals surface area contributed by atoms with Crippen molar-refractivity contribution in [1.29, 1.82) is 0 Å². The number of anilines is 1. The summed E-state index contributed by atoms with van der Waals surface area (Å²) in [5, 5.41) is 0. The van der Waals surface area contributed by atoms with Gasteiger partial charge in [0.2, 0.25) is 0 Å². The van der Waals surface area contributed by atoms with Crippen LogP contribution < -0.4 is 4.90 Å². The van der Waals surface area contributed by atoms with Crippen LogP contribution in [-0.4, -0.2) is 64.1 Å². The average molecular weight is 339 g/mol. The molecule has 1 atom stereocenters. The van der Waals surface area contributed by atoms with Gasteiger partial charge in [0, 0.05) is 38.2 Å². The minimum Gasteiger partial charge on any atom is -0.369 e. The van der Waals surface area contributed by atoms with Crippen molar-refractivity contribution in [3.8, 4) is 0 Å². The molecule has 4 rings (SSSR count). The molecule has 0 aromatic carbocycles. The Labute approximate surface area is 146 Å². The molecule has 1 unspecified atom stereocenters. The molecule has 130 valence electrons. The van der Waals surface area contributed by atoms with E-state index in [-0.39, 0.29) is 11.5 Å². The van der Waals surface area contributed by atoms with Crippen LogP contribution in [0.3, 0.4) is 0 Å². The summed E-state index contributed by atoms with van der Waals surface area (Å²) < 4.78 is 6.18. The molecule has 7 heteroatoms. The van der Waals surface area contributed by atoms with Gasteiger partial charge in [-0.05, 0) is 25.0 Å². The molecule has 0 bridgehead atoms. The first-order valence-corrected chi connectivity index (χ1v) is 8.60. The number of hydrogen-bond acceptors (Lipinski definition) is 6. The second kappa shape index (κ2) is 6.76. The Morgan fingerprint density at radius 2 is 2.04 bits per heavy atom. The molecule has 0 N–H and O–H groups in total. The summed E-state index contributed by atoms with van der Waals surface area (Å²) in [6.07, 6.45) is 10.3. The number of morpholine rings is 1. The minimum atomic E-state index is -0.329. The number of piperidine rings is 1. The van der Waals surface area contributed by atoms with Crippen molar-refractivity contribution in [2.24, 2.45) is 0 Å². The number of ether oxygens (including phenoxy) is 1. The molecular weight excluding hydrogens is 318 g/mol. The zero-order valence-electron chi connectivity index (χ0n) is 14.0. The van der Waals surface area contributed by atoms with Crippen LogP contribution in [-0.2, 0) is 4.74 Å². The predicted octanol–water partition coefficient (Wildman–Crippen LogP) is 1.38. The maximum atomic E-state index is 12.7. The normalized spacial score (nSPS) is 23.7. The highest BCUT2D eigenvalue weighted by Gasteiger charge is 2.42. The van der Waals surface area contributed by atoms with Crippen LogP contribution in [0.5, 0.6) is 0 Å². The number of pyridine rings is 1. The average Bonchev–Trinajstić information content (AvgIpc) is 2.69. The number of rotatable bonds is 2. The Hall–Kier alpha value is -2.54. The van der Waals surface area contributed by atoms with Crippen LogP contribution in [0.15, 0.2) is 43.1 Å². The maximum Gasteiger partial charge on any atom is 0.274 e. The number of nitrogens with zero attached hydrogens (tertiary/aromatic N) is 5. The third kappa shape index (κ3) is 3.32. The first-order chi connectivity index (χ1) is 12.3. The van der Waals surface area contributed by atoms with Gasteiger partial charge in [-0.2, -0.15) is 0 Å². The lowest BCUT2D eigenvalue weighted by molar-refractivity contribution is -0.105. The zero-order chi connectivity index (χ0) is 17.1. The molecule has 0 radical (unpaired) electrons. The largest absolute Gasteiger partial charge is 0.369 e. The van der Waals surface area contributed by atoms with Crippen LogP contribution in [0.1, 0.15) is 23.3 Å². The molecule has 2 fully saturated rings. The number of amides is 1. The third-order valence-corrected chi connectivity index (χ3v) is 4.87. The van der Waals surface area contributed by atoms with Crippen molar-refractivity contribution >= 4 is 11.6 Å². The lowest BCUT2D eigenvalue weighted by atomic mass is 9.90. The van der Waals surface area contributed by atoms with Crippen molar-refractivity contribution < 1.29 is 9.53 Å². The summed E-state index contributed by atoms with van der Waals surface area (Å²) >= 11 is 0. The van der Waals surface area contributed by atoms with E-state index in [0.29, 0.717) is 25.4 Å². The number of carbonyl (C=O) groups excluding carboxylic acids is 1. The van der Waals surface area contributed by atoms with E-state index in [4.69, 9.17) is 4.74 Å². The number of carbonyl (C=O) groups is 1. The van der Waals surface area contributed by atoms with Crippen LogP contribution in [0.2, 0.25) is 0 Å². The van der Waals surface area contributed by atoms with E-state index in [2.05, 4.69) is 25.9 Å². The van der Waals surface area contributed by atoms with Crippen LogP contribution in [0.4, 0.5) is 5.69 Å². The van der Waals surface area contributed by atoms with Gasteiger partial charge < -0.3 is 14.5 Å². The van der Waals surface area contributed by atoms with Gasteiger partial charge in [-0.1, -0.05) is 0 Å². The molecule has 1 amide bonds. The molecule has 7 nitrogen and oxygen atoms in total. The predicted molar refractivity (Wildman–Crippen MR) is 92.3 cm³/mol. The summed E-state index contributed by atoms with van der Waals surface area (Å²) in [4.78, 5) is 29.2. The minimum absolute atomic E-state index is 0.0747. The number of hydrogen-bond donors (Lipinski definition) is 0. The Kier molecular flexibility index (Phi) is 4.31. The van der Waals surface area contributed by atoms with Gasteiger partial charge in [-0.15, -0.1) is 0 Å². The topological polar surface area (TPSA) is 71.5 Å². The van der Waals surface area contributed by atoms with E-state index in [1.807, 2.05) is 17.2 Å². The maximum absolute atomic E-state index is 12.7. The summed E-state index contributed by atoms with van der Waals surface area (Å²) in [5.74, 6) is -0.0747. The molecule has 2 saturated heterocycles. The summed E-state index contributed by atoms with van der Waals surface area (Å²) in [6, 6.07) is 4.01. The van der Waals surface area contributed by atoms with Crippen molar-refractivity contribution in [2.45, 2.75) is 18.4 Å². The molecular formula is C18H21N5O2. The molecule has 1 spiro atoms. The van der Waals surface area contributed by atoms with Crippen LogP contribution >= 0.6 is 0 Å².